The fourth-order valence-electron chi connectivity index (χ4n) is 1.76. The Bertz CT molecular complexity index is 529. The Labute approximate surface area is 92.9 Å². The third-order valence-electron chi connectivity index (χ3n) is 2.81. The van der Waals surface area contributed by atoms with Crippen LogP contribution >= 0.6 is 0 Å². The highest BCUT2D eigenvalue weighted by Gasteiger charge is 2.26. The molecule has 3 rings (SSSR count). The number of aldehydes is 1. The molecule has 0 aromatic carbocycles. The Morgan fingerprint density at radius 1 is 1.38 bits per heavy atom. The van der Waals surface area contributed by atoms with Crippen LogP contribution in [0, 0.1) is 0 Å². The second kappa shape index (κ2) is 3.56. The summed E-state index contributed by atoms with van der Waals surface area (Å²) in [4.78, 5) is 14.9. The maximum absolute atomic E-state index is 10.9. The van der Waals surface area contributed by atoms with Gasteiger partial charge in [-0.05, 0) is 25.0 Å². The minimum Gasteiger partial charge on any atom is -0.298 e. The van der Waals surface area contributed by atoms with E-state index in [1.54, 1.807) is 23.1 Å². The van der Waals surface area contributed by atoms with Crippen molar-refractivity contribution in [3.05, 3.63) is 42.0 Å². The van der Waals surface area contributed by atoms with Crippen LogP contribution in [0.15, 0.2) is 30.7 Å². The van der Waals surface area contributed by atoms with Crippen molar-refractivity contribution >= 4 is 6.29 Å². The molecule has 1 aliphatic carbocycles. The van der Waals surface area contributed by atoms with Gasteiger partial charge in [0, 0.05) is 23.9 Å². The molecule has 0 bridgehead atoms. The fraction of sp³-hybridized carbons (Fsp3) is 0.250. The zero-order chi connectivity index (χ0) is 11.0. The van der Waals surface area contributed by atoms with Crippen LogP contribution in [0.1, 0.15) is 34.8 Å². The molecule has 4 heteroatoms. The molecule has 1 aliphatic rings. The highest BCUT2D eigenvalue weighted by Crippen LogP contribution is 2.39. The molecule has 0 atom stereocenters. The van der Waals surface area contributed by atoms with E-state index >= 15 is 0 Å². The van der Waals surface area contributed by atoms with Crippen LogP contribution < -0.4 is 0 Å². The van der Waals surface area contributed by atoms with Crippen LogP contribution in [-0.4, -0.2) is 21.1 Å². The Morgan fingerprint density at radius 3 is 3.00 bits per heavy atom. The largest absolute Gasteiger partial charge is 0.298 e. The normalized spacial score (nSPS) is 15.0. The summed E-state index contributed by atoms with van der Waals surface area (Å²) in [6, 6.07) is 3.71. The van der Waals surface area contributed by atoms with Crippen LogP contribution in [0.2, 0.25) is 0 Å². The van der Waals surface area contributed by atoms with Crippen LogP contribution in [0.25, 0.3) is 5.69 Å². The molecule has 0 N–H and O–H groups in total. The lowest BCUT2D eigenvalue weighted by atomic mass is 10.2. The summed E-state index contributed by atoms with van der Waals surface area (Å²) < 4.78 is 1.73. The van der Waals surface area contributed by atoms with Crippen LogP contribution in [0.4, 0.5) is 0 Å². The van der Waals surface area contributed by atoms with E-state index in [-0.39, 0.29) is 0 Å². The average Bonchev–Trinajstić information content (AvgIpc) is 3.07. The van der Waals surface area contributed by atoms with Gasteiger partial charge in [0.05, 0.1) is 17.6 Å². The van der Waals surface area contributed by atoms with E-state index < -0.39 is 0 Å². The number of pyridine rings is 1. The quantitative estimate of drug-likeness (QED) is 0.732. The number of nitrogens with zero attached hydrogens (tertiary/aromatic N) is 3. The summed E-state index contributed by atoms with van der Waals surface area (Å²) in [7, 11) is 0. The maximum Gasteiger partial charge on any atom is 0.152 e. The van der Waals surface area contributed by atoms with Gasteiger partial charge >= 0.3 is 0 Å². The van der Waals surface area contributed by atoms with E-state index in [4.69, 9.17) is 0 Å². The zero-order valence-corrected chi connectivity index (χ0v) is 8.71. The van der Waals surface area contributed by atoms with Gasteiger partial charge in [-0.15, -0.1) is 0 Å². The molecule has 2 aromatic rings. The standard InChI is InChI=1S/C12H11N3O/c16-8-10-3-5-13-7-12(10)15-6-4-11(14-15)9-1-2-9/h3-9H,1-2H2. The SMILES string of the molecule is O=Cc1ccncc1-n1ccc(C2CC2)n1. The van der Waals surface area contributed by atoms with Gasteiger partial charge in [-0.1, -0.05) is 0 Å². The molecule has 1 fully saturated rings. The number of carbonyl (C=O) groups is 1. The Morgan fingerprint density at radius 2 is 2.25 bits per heavy atom. The van der Waals surface area contributed by atoms with Crippen LogP contribution in [0.3, 0.4) is 0 Å². The summed E-state index contributed by atoms with van der Waals surface area (Å²) >= 11 is 0. The molecule has 80 valence electrons. The van der Waals surface area contributed by atoms with Gasteiger partial charge in [0.1, 0.15) is 0 Å². The van der Waals surface area contributed by atoms with Crippen molar-refractivity contribution < 1.29 is 4.79 Å². The molecule has 0 aliphatic heterocycles. The average molecular weight is 213 g/mol. The fourth-order valence-corrected chi connectivity index (χ4v) is 1.76. The molecule has 1 saturated carbocycles. The van der Waals surface area contributed by atoms with E-state index in [1.165, 1.54) is 12.8 Å². The highest BCUT2D eigenvalue weighted by molar-refractivity contribution is 5.80. The Balaban J connectivity index is 2.03. The summed E-state index contributed by atoms with van der Waals surface area (Å²) in [6.07, 6.45) is 8.44. The van der Waals surface area contributed by atoms with E-state index in [9.17, 15) is 4.79 Å². The summed E-state index contributed by atoms with van der Waals surface area (Å²) in [6.45, 7) is 0. The molecule has 0 radical (unpaired) electrons. The van der Waals surface area contributed by atoms with Crippen LogP contribution in [-0.2, 0) is 0 Å². The molecule has 0 saturated heterocycles. The Kier molecular flexibility index (Phi) is 2.06. The molecular weight excluding hydrogens is 202 g/mol. The van der Waals surface area contributed by atoms with Crippen molar-refractivity contribution in [2.45, 2.75) is 18.8 Å². The number of hydrogen-bond donors (Lipinski definition) is 0. The van der Waals surface area contributed by atoms with E-state index in [2.05, 4.69) is 10.1 Å². The van der Waals surface area contributed by atoms with Gasteiger partial charge in [0.2, 0.25) is 0 Å². The van der Waals surface area contributed by atoms with Gasteiger partial charge in [-0.2, -0.15) is 5.10 Å². The lowest BCUT2D eigenvalue weighted by Crippen LogP contribution is -2.00. The van der Waals surface area contributed by atoms with Gasteiger partial charge in [0.15, 0.2) is 6.29 Å². The second-order valence-electron chi connectivity index (χ2n) is 4.01. The van der Waals surface area contributed by atoms with Crippen LogP contribution in [0.5, 0.6) is 0 Å². The maximum atomic E-state index is 10.9. The topological polar surface area (TPSA) is 47.8 Å². The van der Waals surface area contributed by atoms with E-state index in [0.717, 1.165) is 17.7 Å². The molecule has 2 aromatic heterocycles. The third-order valence-corrected chi connectivity index (χ3v) is 2.81. The molecule has 2 heterocycles. The molecule has 16 heavy (non-hydrogen) atoms. The van der Waals surface area contributed by atoms with Crippen molar-refractivity contribution in [2.24, 2.45) is 0 Å². The molecule has 0 spiro atoms. The molecule has 4 nitrogen and oxygen atoms in total. The molecular formula is C12H11N3O. The number of aromatic nitrogens is 3. The first-order chi connectivity index (χ1) is 7.88. The predicted octanol–water partition coefficient (Wildman–Crippen LogP) is 1.96. The predicted molar refractivity (Wildman–Crippen MR) is 58.7 cm³/mol. The first-order valence-corrected chi connectivity index (χ1v) is 5.33. The van der Waals surface area contributed by atoms with Crippen molar-refractivity contribution in [3.8, 4) is 5.69 Å². The number of hydrogen-bond acceptors (Lipinski definition) is 3. The second-order valence-corrected chi connectivity index (χ2v) is 4.01. The van der Waals surface area contributed by atoms with Crippen molar-refractivity contribution in [1.29, 1.82) is 0 Å². The summed E-state index contributed by atoms with van der Waals surface area (Å²) in [5.41, 5.74) is 2.46. The first-order valence-electron chi connectivity index (χ1n) is 5.33. The van der Waals surface area contributed by atoms with Gasteiger partial charge in [-0.25, -0.2) is 4.68 Å². The van der Waals surface area contributed by atoms with Crippen molar-refractivity contribution in [2.75, 3.05) is 0 Å². The smallest absolute Gasteiger partial charge is 0.152 e. The van der Waals surface area contributed by atoms with Gasteiger partial charge in [-0.3, -0.25) is 9.78 Å². The lowest BCUT2D eigenvalue weighted by molar-refractivity contribution is 0.112. The zero-order valence-electron chi connectivity index (χ0n) is 8.71. The monoisotopic (exact) mass is 213 g/mol. The Hall–Kier alpha value is -1.97. The summed E-state index contributed by atoms with van der Waals surface area (Å²) in [5.74, 6) is 0.623. The van der Waals surface area contributed by atoms with Gasteiger partial charge < -0.3 is 0 Å². The van der Waals surface area contributed by atoms with Crippen molar-refractivity contribution in [3.63, 3.8) is 0 Å². The number of carbonyl (C=O) groups excluding carboxylic acids is 1. The van der Waals surface area contributed by atoms with Crippen molar-refractivity contribution in [1.82, 2.24) is 14.8 Å². The van der Waals surface area contributed by atoms with Gasteiger partial charge in [0.25, 0.3) is 0 Å². The van der Waals surface area contributed by atoms with E-state index in [1.807, 2.05) is 12.3 Å². The lowest BCUT2D eigenvalue weighted by Gasteiger charge is -2.02. The number of rotatable bonds is 3. The van der Waals surface area contributed by atoms with E-state index in [0.29, 0.717) is 11.5 Å². The molecule has 0 amide bonds. The molecule has 0 unspecified atom stereocenters. The minimum atomic E-state index is 0.612. The first kappa shape index (κ1) is 9.27. The third kappa shape index (κ3) is 1.52. The summed E-state index contributed by atoms with van der Waals surface area (Å²) in [5, 5.41) is 4.47. The highest BCUT2D eigenvalue weighted by atomic mass is 16.1. The minimum absolute atomic E-state index is 0.612.